The highest BCUT2D eigenvalue weighted by Crippen LogP contribution is 2.38. The zero-order valence-corrected chi connectivity index (χ0v) is 10.1. The van der Waals surface area contributed by atoms with Crippen LogP contribution in [0.1, 0.15) is 55.5 Å². The maximum atomic E-state index is 4.69. The van der Waals surface area contributed by atoms with Crippen LogP contribution in [-0.2, 0) is 6.54 Å². The van der Waals surface area contributed by atoms with E-state index >= 15 is 0 Å². The summed E-state index contributed by atoms with van der Waals surface area (Å²) < 4.78 is 2.51. The molecule has 1 N–H and O–H groups in total. The van der Waals surface area contributed by atoms with E-state index in [4.69, 9.17) is 0 Å². The molecule has 16 heavy (non-hydrogen) atoms. The molecule has 1 aliphatic carbocycles. The van der Waals surface area contributed by atoms with Crippen molar-refractivity contribution in [2.45, 2.75) is 50.5 Å². The van der Waals surface area contributed by atoms with Gasteiger partial charge in [-0.2, -0.15) is 0 Å². The van der Waals surface area contributed by atoms with Crippen molar-refractivity contribution in [3.63, 3.8) is 0 Å². The molecule has 0 saturated heterocycles. The van der Waals surface area contributed by atoms with E-state index in [1.165, 1.54) is 50.2 Å². The fourth-order valence-corrected chi connectivity index (χ4v) is 3.06. The molecule has 1 aromatic heterocycles. The zero-order chi connectivity index (χ0) is 11.0. The van der Waals surface area contributed by atoms with Gasteiger partial charge in [0.2, 0.25) is 0 Å². The quantitative estimate of drug-likeness (QED) is 0.845. The molecular formula is C13H21N3. The highest BCUT2D eigenvalue weighted by molar-refractivity contribution is 5.17. The number of rotatable bonds is 3. The number of hydrogen-bond donors (Lipinski definition) is 1. The zero-order valence-electron chi connectivity index (χ0n) is 10.1. The van der Waals surface area contributed by atoms with Gasteiger partial charge in [0.25, 0.3) is 0 Å². The monoisotopic (exact) mass is 219 g/mol. The molecule has 0 bridgehead atoms. The third-order valence-corrected chi connectivity index (χ3v) is 4.19. The van der Waals surface area contributed by atoms with E-state index in [1.54, 1.807) is 0 Å². The fourth-order valence-electron chi connectivity index (χ4n) is 3.06. The number of nitrogens with zero attached hydrogens (tertiary/aromatic N) is 2. The van der Waals surface area contributed by atoms with Crippen LogP contribution >= 0.6 is 0 Å². The van der Waals surface area contributed by atoms with Gasteiger partial charge in [-0.15, -0.1) is 0 Å². The maximum Gasteiger partial charge on any atom is 0.111 e. The molecule has 3 heteroatoms. The molecule has 1 atom stereocenters. The van der Waals surface area contributed by atoms with Gasteiger partial charge in [-0.3, -0.25) is 0 Å². The van der Waals surface area contributed by atoms with E-state index in [9.17, 15) is 0 Å². The van der Waals surface area contributed by atoms with Gasteiger partial charge in [-0.05, 0) is 32.7 Å². The molecule has 0 radical (unpaired) electrons. The van der Waals surface area contributed by atoms with Gasteiger partial charge in [0.15, 0.2) is 0 Å². The number of imidazole rings is 1. The van der Waals surface area contributed by atoms with Crippen LogP contribution in [0.2, 0.25) is 0 Å². The van der Waals surface area contributed by atoms with E-state index in [-0.39, 0.29) is 0 Å². The molecule has 88 valence electrons. The van der Waals surface area contributed by atoms with Crippen LogP contribution in [0, 0.1) is 0 Å². The molecule has 1 saturated carbocycles. The minimum atomic E-state index is 0.681. The molecule has 2 heterocycles. The molecule has 0 spiro atoms. The Balaban J connectivity index is 1.88. The average Bonchev–Trinajstić information content (AvgIpc) is 2.62. The number of likely N-dealkylation sites (N-methyl/N-ethyl adjacent to an activating group) is 1. The van der Waals surface area contributed by atoms with Gasteiger partial charge in [0, 0.05) is 36.8 Å². The molecule has 0 aromatic carbocycles. The molecule has 0 amide bonds. The summed E-state index contributed by atoms with van der Waals surface area (Å²) in [6.45, 7) is 2.29. The Morgan fingerprint density at radius 2 is 2.25 bits per heavy atom. The molecule has 3 rings (SSSR count). The summed E-state index contributed by atoms with van der Waals surface area (Å²) in [5, 5.41) is 3.30. The highest BCUT2D eigenvalue weighted by atomic mass is 15.1. The topological polar surface area (TPSA) is 29.9 Å². The number of aromatic nitrogens is 2. The summed E-state index contributed by atoms with van der Waals surface area (Å²) in [6, 6.07) is 0. The normalized spacial score (nSPS) is 25.2. The third kappa shape index (κ3) is 1.58. The second kappa shape index (κ2) is 4.21. The van der Waals surface area contributed by atoms with Gasteiger partial charge in [0.1, 0.15) is 5.82 Å². The van der Waals surface area contributed by atoms with Crippen molar-refractivity contribution in [3.05, 3.63) is 17.7 Å². The van der Waals surface area contributed by atoms with Crippen molar-refractivity contribution in [2.24, 2.45) is 0 Å². The lowest BCUT2D eigenvalue weighted by atomic mass is 9.84. The standard InChI is InChI=1S/C13H21N3/c1-14-8-11-6-3-7-16-12(11)9-15-13(16)10-4-2-5-10/h9-11,14H,2-8H2,1H3. The Bertz CT molecular complexity index is 365. The smallest absolute Gasteiger partial charge is 0.111 e. The lowest BCUT2D eigenvalue weighted by Gasteiger charge is -2.30. The Morgan fingerprint density at radius 1 is 1.38 bits per heavy atom. The van der Waals surface area contributed by atoms with Crippen molar-refractivity contribution < 1.29 is 0 Å². The summed E-state index contributed by atoms with van der Waals surface area (Å²) in [7, 11) is 2.04. The molecule has 1 aliphatic heterocycles. The second-order valence-electron chi connectivity index (χ2n) is 5.22. The molecule has 1 fully saturated rings. The van der Waals surface area contributed by atoms with Crippen molar-refractivity contribution in [2.75, 3.05) is 13.6 Å². The van der Waals surface area contributed by atoms with E-state index in [0.717, 1.165) is 12.5 Å². The van der Waals surface area contributed by atoms with Gasteiger partial charge < -0.3 is 9.88 Å². The van der Waals surface area contributed by atoms with Gasteiger partial charge >= 0.3 is 0 Å². The largest absolute Gasteiger partial charge is 0.331 e. The van der Waals surface area contributed by atoms with Crippen LogP contribution in [0.25, 0.3) is 0 Å². The molecule has 1 unspecified atom stereocenters. The van der Waals surface area contributed by atoms with Crippen molar-refractivity contribution in [1.82, 2.24) is 14.9 Å². The summed E-state index contributed by atoms with van der Waals surface area (Å²) in [5.74, 6) is 2.82. The molecule has 1 aromatic rings. The van der Waals surface area contributed by atoms with Crippen LogP contribution in [0.3, 0.4) is 0 Å². The molecular weight excluding hydrogens is 198 g/mol. The highest BCUT2D eigenvalue weighted by Gasteiger charge is 2.29. The van der Waals surface area contributed by atoms with Gasteiger partial charge in [0.05, 0.1) is 0 Å². The van der Waals surface area contributed by atoms with E-state index in [0.29, 0.717) is 5.92 Å². The van der Waals surface area contributed by atoms with Crippen LogP contribution in [-0.4, -0.2) is 23.1 Å². The maximum absolute atomic E-state index is 4.69. The Morgan fingerprint density at radius 3 is 2.94 bits per heavy atom. The average molecular weight is 219 g/mol. The lowest BCUT2D eigenvalue weighted by molar-refractivity contribution is 0.364. The summed E-state index contributed by atoms with van der Waals surface area (Å²) in [4.78, 5) is 4.69. The first-order chi connectivity index (χ1) is 7.90. The van der Waals surface area contributed by atoms with Crippen LogP contribution < -0.4 is 5.32 Å². The number of nitrogens with one attached hydrogen (secondary N) is 1. The number of hydrogen-bond acceptors (Lipinski definition) is 2. The van der Waals surface area contributed by atoms with E-state index in [1.807, 2.05) is 7.05 Å². The van der Waals surface area contributed by atoms with E-state index < -0.39 is 0 Å². The molecule has 2 aliphatic rings. The molecule has 3 nitrogen and oxygen atoms in total. The minimum Gasteiger partial charge on any atom is -0.331 e. The lowest BCUT2D eigenvalue weighted by Crippen LogP contribution is -2.26. The first-order valence-electron chi connectivity index (χ1n) is 6.60. The summed E-state index contributed by atoms with van der Waals surface area (Å²) in [5.41, 5.74) is 1.47. The minimum absolute atomic E-state index is 0.681. The van der Waals surface area contributed by atoms with Crippen LogP contribution in [0.4, 0.5) is 0 Å². The van der Waals surface area contributed by atoms with Crippen LogP contribution in [0.15, 0.2) is 6.20 Å². The summed E-state index contributed by atoms with van der Waals surface area (Å²) in [6.07, 6.45) is 8.87. The van der Waals surface area contributed by atoms with Gasteiger partial charge in [-0.1, -0.05) is 6.42 Å². The SMILES string of the molecule is CNCC1CCCn2c1cnc2C1CCC1. The third-order valence-electron chi connectivity index (χ3n) is 4.19. The number of fused-ring (bicyclic) bond motifs is 1. The fraction of sp³-hybridized carbons (Fsp3) is 0.769. The van der Waals surface area contributed by atoms with Crippen molar-refractivity contribution in [1.29, 1.82) is 0 Å². The summed E-state index contributed by atoms with van der Waals surface area (Å²) >= 11 is 0. The Kier molecular flexibility index (Phi) is 2.72. The van der Waals surface area contributed by atoms with E-state index in [2.05, 4.69) is 21.1 Å². The predicted octanol–water partition coefficient (Wildman–Crippen LogP) is 2.25. The van der Waals surface area contributed by atoms with Crippen molar-refractivity contribution in [3.8, 4) is 0 Å². The van der Waals surface area contributed by atoms with Gasteiger partial charge in [-0.25, -0.2) is 4.98 Å². The first-order valence-corrected chi connectivity index (χ1v) is 6.60. The Hall–Kier alpha value is -0.830. The predicted molar refractivity (Wildman–Crippen MR) is 64.7 cm³/mol. The first kappa shape index (κ1) is 10.3. The van der Waals surface area contributed by atoms with Crippen LogP contribution in [0.5, 0.6) is 0 Å². The van der Waals surface area contributed by atoms with Crippen molar-refractivity contribution >= 4 is 0 Å². The second-order valence-corrected chi connectivity index (χ2v) is 5.22. The Labute approximate surface area is 97.3 Å².